The number of thiocarbonyl (C=S) groups is 1. The van der Waals surface area contributed by atoms with Gasteiger partial charge in [0.15, 0.2) is 0 Å². The van der Waals surface area contributed by atoms with Gasteiger partial charge in [-0.05, 0) is 42.3 Å². The lowest BCUT2D eigenvalue weighted by Crippen LogP contribution is -2.31. The van der Waals surface area contributed by atoms with E-state index in [0.717, 1.165) is 11.1 Å². The first kappa shape index (κ1) is 23.2. The molecule has 32 heavy (non-hydrogen) atoms. The van der Waals surface area contributed by atoms with Crippen LogP contribution in [0.5, 0.6) is 5.75 Å². The number of amides is 2. The van der Waals surface area contributed by atoms with Crippen molar-refractivity contribution in [1.82, 2.24) is 4.90 Å². The molecule has 0 radical (unpaired) electrons. The van der Waals surface area contributed by atoms with Crippen molar-refractivity contribution >= 4 is 57.8 Å². The van der Waals surface area contributed by atoms with Crippen molar-refractivity contribution in [3.05, 3.63) is 76.2 Å². The summed E-state index contributed by atoms with van der Waals surface area (Å²) in [4.78, 5) is 38.0. The normalized spacial score (nSPS) is 15.3. The molecule has 3 rings (SSSR count). The molecule has 2 amide bonds. The van der Waals surface area contributed by atoms with Crippen LogP contribution in [0.1, 0.15) is 29.3 Å². The molecule has 3 N–H and O–H groups in total. The molecular formula is C23H20N2O5S2. The molecule has 1 aliphatic rings. The van der Waals surface area contributed by atoms with Crippen molar-refractivity contribution in [2.45, 2.75) is 13.3 Å². The highest BCUT2D eigenvalue weighted by molar-refractivity contribution is 8.26. The number of aromatic carboxylic acids is 1. The number of aromatic hydroxyl groups is 1. The number of rotatable bonds is 7. The lowest BCUT2D eigenvalue weighted by atomic mass is 10.1. The molecule has 0 aliphatic carbocycles. The molecule has 0 spiro atoms. The molecule has 7 nitrogen and oxygen atoms in total. The van der Waals surface area contributed by atoms with Gasteiger partial charge < -0.3 is 15.5 Å². The van der Waals surface area contributed by atoms with Crippen LogP contribution in [0.3, 0.4) is 0 Å². The van der Waals surface area contributed by atoms with Gasteiger partial charge in [-0.2, -0.15) is 0 Å². The molecule has 0 bridgehead atoms. The topological polar surface area (TPSA) is 107 Å². The number of carbonyl (C=O) groups excluding carboxylic acids is 2. The summed E-state index contributed by atoms with van der Waals surface area (Å²) in [6, 6.07) is 13.5. The Balaban J connectivity index is 1.61. The molecule has 9 heteroatoms. The number of carboxylic acid groups (broad SMARTS) is 1. The summed E-state index contributed by atoms with van der Waals surface area (Å²) >= 11 is 6.49. The number of allylic oxidation sites excluding steroid dienone is 2. The molecule has 1 heterocycles. The van der Waals surface area contributed by atoms with E-state index in [4.69, 9.17) is 17.3 Å². The van der Waals surface area contributed by atoms with Gasteiger partial charge in [0.05, 0.1) is 4.91 Å². The number of phenols is 1. The number of carbonyl (C=O) groups is 3. The van der Waals surface area contributed by atoms with Gasteiger partial charge in [0.25, 0.3) is 5.91 Å². The molecular weight excluding hydrogens is 448 g/mol. The lowest BCUT2D eigenvalue weighted by molar-refractivity contribution is -0.122. The average molecular weight is 469 g/mol. The number of thioether (sulfide) groups is 1. The zero-order chi connectivity index (χ0) is 23.3. The Morgan fingerprint density at radius 3 is 2.59 bits per heavy atom. The van der Waals surface area contributed by atoms with E-state index < -0.39 is 17.6 Å². The lowest BCUT2D eigenvalue weighted by Gasteiger charge is -2.14. The molecule has 1 fully saturated rings. The second-order valence-electron chi connectivity index (χ2n) is 6.97. The molecule has 0 saturated carbocycles. The van der Waals surface area contributed by atoms with Gasteiger partial charge in [0.1, 0.15) is 15.6 Å². The zero-order valence-electron chi connectivity index (χ0n) is 17.1. The van der Waals surface area contributed by atoms with Gasteiger partial charge in [-0.1, -0.05) is 60.4 Å². The second kappa shape index (κ2) is 10.3. The maximum absolute atomic E-state index is 12.7. The predicted octanol–water partition coefficient (Wildman–Crippen LogP) is 4.27. The van der Waals surface area contributed by atoms with Gasteiger partial charge in [-0.15, -0.1) is 0 Å². The average Bonchev–Trinajstić information content (AvgIpc) is 3.00. The number of hydrogen-bond donors (Lipinski definition) is 3. The molecule has 164 valence electrons. The van der Waals surface area contributed by atoms with Crippen LogP contribution in [-0.4, -0.2) is 43.8 Å². The Kier molecular flexibility index (Phi) is 7.45. The minimum absolute atomic E-state index is 0.0260. The number of benzene rings is 2. The minimum Gasteiger partial charge on any atom is -0.507 e. The fourth-order valence-electron chi connectivity index (χ4n) is 2.98. The summed E-state index contributed by atoms with van der Waals surface area (Å²) in [6.45, 7) is 2.00. The van der Waals surface area contributed by atoms with E-state index in [0.29, 0.717) is 9.23 Å². The Hall–Kier alpha value is -3.43. The van der Waals surface area contributed by atoms with Gasteiger partial charge >= 0.3 is 5.97 Å². The highest BCUT2D eigenvalue weighted by Gasteiger charge is 2.32. The van der Waals surface area contributed by atoms with E-state index in [9.17, 15) is 19.5 Å². The predicted molar refractivity (Wildman–Crippen MR) is 128 cm³/mol. The number of anilines is 1. The van der Waals surface area contributed by atoms with Gasteiger partial charge in [-0.3, -0.25) is 14.5 Å². The van der Waals surface area contributed by atoms with Crippen molar-refractivity contribution in [3.63, 3.8) is 0 Å². The minimum atomic E-state index is -1.31. The highest BCUT2D eigenvalue weighted by Crippen LogP contribution is 2.32. The van der Waals surface area contributed by atoms with Crippen LogP contribution in [-0.2, 0) is 9.59 Å². The highest BCUT2D eigenvalue weighted by atomic mass is 32.2. The third-order valence-electron chi connectivity index (χ3n) is 4.50. The van der Waals surface area contributed by atoms with Crippen LogP contribution in [0.2, 0.25) is 0 Å². The van der Waals surface area contributed by atoms with E-state index in [1.165, 1.54) is 34.9 Å². The number of nitrogens with one attached hydrogen (secondary N) is 1. The SMILES string of the molecule is CC(=C/c1ccccc1)/C=C1/SC(=S)N(CCC(=O)Nc2ccc(O)c(C(=O)O)c2)C1=O. The molecule has 2 aromatic rings. The van der Waals surface area contributed by atoms with Crippen LogP contribution in [0.15, 0.2) is 65.1 Å². The molecule has 0 unspecified atom stereocenters. The van der Waals surface area contributed by atoms with Crippen molar-refractivity contribution in [2.75, 3.05) is 11.9 Å². The molecule has 2 aromatic carbocycles. The number of carboxylic acids is 1. The third kappa shape index (κ3) is 5.83. The Morgan fingerprint density at radius 1 is 1.19 bits per heavy atom. The number of nitrogens with zero attached hydrogens (tertiary/aromatic N) is 1. The second-order valence-corrected chi connectivity index (χ2v) is 8.64. The maximum atomic E-state index is 12.7. The zero-order valence-corrected chi connectivity index (χ0v) is 18.7. The van der Waals surface area contributed by atoms with Gasteiger partial charge in [0, 0.05) is 18.7 Å². The summed E-state index contributed by atoms with van der Waals surface area (Å²) < 4.78 is 0.374. The Labute approximate surface area is 194 Å². The van der Waals surface area contributed by atoms with Crippen molar-refractivity contribution in [3.8, 4) is 5.75 Å². The maximum Gasteiger partial charge on any atom is 0.339 e. The van der Waals surface area contributed by atoms with Crippen molar-refractivity contribution in [2.24, 2.45) is 0 Å². The molecule has 0 aromatic heterocycles. The van der Waals surface area contributed by atoms with Crippen LogP contribution < -0.4 is 5.32 Å². The van der Waals surface area contributed by atoms with Crippen molar-refractivity contribution < 1.29 is 24.6 Å². The summed E-state index contributed by atoms with van der Waals surface area (Å²) in [5, 5.41) is 21.2. The fourth-order valence-corrected chi connectivity index (χ4v) is 4.33. The first-order chi connectivity index (χ1) is 15.2. The first-order valence-electron chi connectivity index (χ1n) is 9.59. The van der Waals surface area contributed by atoms with Gasteiger partial charge in [0.2, 0.25) is 5.91 Å². The van der Waals surface area contributed by atoms with E-state index in [2.05, 4.69) is 5.32 Å². The van der Waals surface area contributed by atoms with E-state index in [-0.39, 0.29) is 30.1 Å². The molecule has 0 atom stereocenters. The Bertz CT molecular complexity index is 1140. The van der Waals surface area contributed by atoms with E-state index >= 15 is 0 Å². The smallest absolute Gasteiger partial charge is 0.339 e. The molecule has 1 aliphatic heterocycles. The Morgan fingerprint density at radius 2 is 1.91 bits per heavy atom. The van der Waals surface area contributed by atoms with Crippen molar-refractivity contribution in [1.29, 1.82) is 0 Å². The summed E-state index contributed by atoms with van der Waals surface area (Å²) in [7, 11) is 0. The van der Waals surface area contributed by atoms with E-state index in [1.54, 1.807) is 6.08 Å². The van der Waals surface area contributed by atoms with Crippen LogP contribution in [0.4, 0.5) is 5.69 Å². The first-order valence-corrected chi connectivity index (χ1v) is 10.8. The fraction of sp³-hybridized carbons (Fsp3) is 0.130. The van der Waals surface area contributed by atoms with E-state index in [1.807, 2.05) is 43.3 Å². The summed E-state index contributed by atoms with van der Waals surface area (Å²) in [5.41, 5.74) is 1.84. The number of hydrogen-bond acceptors (Lipinski definition) is 6. The quantitative estimate of drug-likeness (QED) is 0.317. The van der Waals surface area contributed by atoms with Gasteiger partial charge in [-0.25, -0.2) is 4.79 Å². The van der Waals surface area contributed by atoms with Crippen LogP contribution >= 0.6 is 24.0 Å². The standard InChI is InChI=1S/C23H20N2O5S2/c1-14(11-15-5-3-2-4-6-15)12-19-21(28)25(23(31)32-19)10-9-20(27)24-16-7-8-18(26)17(13-16)22(29)30/h2-8,11-13,26H,9-10H2,1H3,(H,24,27)(H,29,30)/b14-11-,19-12+. The van der Waals surface area contributed by atoms with Crippen LogP contribution in [0, 0.1) is 0 Å². The third-order valence-corrected chi connectivity index (χ3v) is 5.88. The largest absolute Gasteiger partial charge is 0.507 e. The summed E-state index contributed by atoms with van der Waals surface area (Å²) in [5.74, 6) is -2.37. The summed E-state index contributed by atoms with van der Waals surface area (Å²) in [6.07, 6.45) is 3.71. The molecule has 1 saturated heterocycles. The monoisotopic (exact) mass is 468 g/mol. The van der Waals surface area contributed by atoms with Crippen LogP contribution in [0.25, 0.3) is 6.08 Å².